The zero-order valence-electron chi connectivity index (χ0n) is 9.41. The Morgan fingerprint density at radius 1 is 1.20 bits per heavy atom. The summed E-state index contributed by atoms with van der Waals surface area (Å²) in [6.07, 6.45) is 2.13. The molecule has 5 nitrogen and oxygen atoms in total. The Bertz CT molecular complexity index is 210. The molecule has 0 saturated heterocycles. The average Bonchev–Trinajstić information content (AvgIpc) is 2.17. The normalized spacial score (nSPS) is 8.47. The second-order valence-corrected chi connectivity index (χ2v) is 2.78. The predicted octanol–water partition coefficient (Wildman–Crippen LogP) is 1.40. The molecule has 0 spiro atoms. The number of carbonyl (C=O) groups is 3. The molecule has 0 aliphatic carbocycles. The highest BCUT2D eigenvalue weighted by Crippen LogP contribution is 1.86. The minimum atomic E-state index is -1.34. The van der Waals surface area contributed by atoms with Crippen LogP contribution in [0.1, 0.15) is 40.0 Å². The number of carbonyl (C=O) groups excluding carboxylic acids is 2. The Hall–Kier alpha value is -1.39. The molecule has 0 bridgehead atoms. The molecule has 0 aromatic rings. The van der Waals surface area contributed by atoms with Crippen molar-refractivity contribution in [1.82, 2.24) is 0 Å². The summed E-state index contributed by atoms with van der Waals surface area (Å²) in [5, 5.41) is 7.83. The average molecular weight is 218 g/mol. The molecular formula is C10H18O5. The fourth-order valence-electron chi connectivity index (χ4n) is 0.511. The number of unbranched alkanes of at least 4 members (excludes halogenated alkanes) is 1. The van der Waals surface area contributed by atoms with E-state index in [-0.39, 0.29) is 12.4 Å². The zero-order chi connectivity index (χ0) is 12.3. The number of ether oxygens (including phenoxy) is 1. The van der Waals surface area contributed by atoms with E-state index >= 15 is 0 Å². The van der Waals surface area contributed by atoms with Crippen LogP contribution in [0.4, 0.5) is 0 Å². The van der Waals surface area contributed by atoms with Crippen molar-refractivity contribution in [2.45, 2.75) is 40.0 Å². The van der Waals surface area contributed by atoms with Gasteiger partial charge in [0.15, 0.2) is 0 Å². The molecule has 0 saturated carbocycles. The number of rotatable bonds is 5. The smallest absolute Gasteiger partial charge is 0.372 e. The van der Waals surface area contributed by atoms with Crippen molar-refractivity contribution >= 4 is 17.7 Å². The number of carboxylic acid groups (broad SMARTS) is 1. The molecule has 0 radical (unpaired) electrons. The number of Topliss-reactive ketones (excluding diaryl/α,β-unsaturated/α-hetero) is 1. The second-order valence-electron chi connectivity index (χ2n) is 2.78. The zero-order valence-corrected chi connectivity index (χ0v) is 9.41. The van der Waals surface area contributed by atoms with Crippen LogP contribution in [0.3, 0.4) is 0 Å². The highest BCUT2D eigenvalue weighted by atomic mass is 16.5. The molecule has 0 atom stereocenters. The van der Waals surface area contributed by atoms with E-state index in [1.54, 1.807) is 0 Å². The standard InChI is InChI=1S/C6H12O2.C4H6O3/c1-3-4-5-8-6(2)7;1-2-3(5)4(6)7/h3-5H2,1-2H3;2H2,1H3,(H,6,7). The topological polar surface area (TPSA) is 80.7 Å². The maximum atomic E-state index is 10.1. The van der Waals surface area contributed by atoms with Crippen molar-refractivity contribution in [3.63, 3.8) is 0 Å². The van der Waals surface area contributed by atoms with Gasteiger partial charge in [0.2, 0.25) is 5.78 Å². The minimum absolute atomic E-state index is 0.0787. The van der Waals surface area contributed by atoms with Crippen LogP contribution in [0, 0.1) is 0 Å². The number of ketones is 1. The summed E-state index contributed by atoms with van der Waals surface area (Å²) in [4.78, 5) is 29.6. The third kappa shape index (κ3) is 15.4. The molecule has 1 N–H and O–H groups in total. The van der Waals surface area contributed by atoms with Crippen molar-refractivity contribution < 1.29 is 24.2 Å². The quantitative estimate of drug-likeness (QED) is 0.428. The van der Waals surface area contributed by atoms with Gasteiger partial charge in [-0.1, -0.05) is 20.3 Å². The lowest BCUT2D eigenvalue weighted by atomic mass is 10.3. The van der Waals surface area contributed by atoms with Gasteiger partial charge in [0.1, 0.15) is 0 Å². The van der Waals surface area contributed by atoms with Crippen molar-refractivity contribution in [3.8, 4) is 0 Å². The molecule has 0 aliphatic rings. The van der Waals surface area contributed by atoms with E-state index in [1.807, 2.05) is 0 Å². The Morgan fingerprint density at radius 3 is 1.93 bits per heavy atom. The first-order valence-corrected chi connectivity index (χ1v) is 4.85. The van der Waals surface area contributed by atoms with Gasteiger partial charge in [0.05, 0.1) is 6.61 Å². The van der Waals surface area contributed by atoms with Gasteiger partial charge in [-0.15, -0.1) is 0 Å². The van der Waals surface area contributed by atoms with Crippen LogP contribution in [-0.2, 0) is 19.1 Å². The second kappa shape index (κ2) is 10.7. The van der Waals surface area contributed by atoms with E-state index in [4.69, 9.17) is 5.11 Å². The number of aliphatic carboxylic acids is 1. The van der Waals surface area contributed by atoms with Crippen LogP contribution < -0.4 is 0 Å². The Kier molecular flexibility index (Phi) is 11.4. The Labute approximate surface area is 89.4 Å². The van der Waals surface area contributed by atoms with Crippen molar-refractivity contribution in [2.75, 3.05) is 6.61 Å². The molecule has 88 valence electrons. The minimum Gasteiger partial charge on any atom is -0.476 e. The van der Waals surface area contributed by atoms with Crippen molar-refractivity contribution in [2.24, 2.45) is 0 Å². The molecule has 0 rings (SSSR count). The third-order valence-corrected chi connectivity index (χ3v) is 1.36. The van der Waals surface area contributed by atoms with Gasteiger partial charge >= 0.3 is 11.9 Å². The lowest BCUT2D eigenvalue weighted by Gasteiger charge is -1.96. The molecular weight excluding hydrogens is 200 g/mol. The number of esters is 1. The van der Waals surface area contributed by atoms with Crippen LogP contribution in [0.25, 0.3) is 0 Å². The first-order valence-electron chi connectivity index (χ1n) is 4.85. The van der Waals surface area contributed by atoms with Crippen molar-refractivity contribution in [3.05, 3.63) is 0 Å². The van der Waals surface area contributed by atoms with Gasteiger partial charge in [-0.2, -0.15) is 0 Å². The molecule has 0 unspecified atom stereocenters. The maximum absolute atomic E-state index is 10.1. The van der Waals surface area contributed by atoms with Gasteiger partial charge in [0, 0.05) is 13.3 Å². The molecule has 15 heavy (non-hydrogen) atoms. The van der Waals surface area contributed by atoms with E-state index in [1.165, 1.54) is 13.8 Å². The largest absolute Gasteiger partial charge is 0.476 e. The number of carboxylic acids is 1. The number of hydrogen-bond acceptors (Lipinski definition) is 4. The summed E-state index contributed by atoms with van der Waals surface area (Å²) in [7, 11) is 0. The van der Waals surface area contributed by atoms with Crippen LogP contribution in [0.15, 0.2) is 0 Å². The summed E-state index contributed by atoms with van der Waals surface area (Å²) in [5.74, 6) is -2.26. The van der Waals surface area contributed by atoms with Crippen LogP contribution in [0.2, 0.25) is 0 Å². The summed E-state index contributed by atoms with van der Waals surface area (Å²) in [6.45, 7) is 5.57. The van der Waals surface area contributed by atoms with E-state index in [0.29, 0.717) is 6.61 Å². The van der Waals surface area contributed by atoms with Gasteiger partial charge in [-0.3, -0.25) is 9.59 Å². The van der Waals surface area contributed by atoms with E-state index in [0.717, 1.165) is 12.8 Å². The SMILES string of the molecule is CCC(=O)C(=O)O.CCCCOC(C)=O. The lowest BCUT2D eigenvalue weighted by molar-refractivity contribution is -0.148. The Balaban J connectivity index is 0. The molecule has 0 heterocycles. The molecule has 0 fully saturated rings. The summed E-state index contributed by atoms with van der Waals surface area (Å²) >= 11 is 0. The first-order chi connectivity index (χ1) is 6.95. The number of hydrogen-bond donors (Lipinski definition) is 1. The van der Waals surface area contributed by atoms with Gasteiger partial charge in [-0.25, -0.2) is 4.79 Å². The molecule has 0 amide bonds. The van der Waals surface area contributed by atoms with E-state index in [2.05, 4.69) is 11.7 Å². The van der Waals surface area contributed by atoms with Crippen LogP contribution in [-0.4, -0.2) is 29.4 Å². The molecule has 0 aromatic heterocycles. The van der Waals surface area contributed by atoms with Crippen LogP contribution >= 0.6 is 0 Å². The summed E-state index contributed by atoms with van der Waals surface area (Å²) in [5.41, 5.74) is 0. The molecule has 0 aliphatic heterocycles. The molecule has 5 heteroatoms. The third-order valence-electron chi connectivity index (χ3n) is 1.36. The van der Waals surface area contributed by atoms with E-state index < -0.39 is 11.8 Å². The van der Waals surface area contributed by atoms with Gasteiger partial charge in [0.25, 0.3) is 0 Å². The highest BCUT2D eigenvalue weighted by molar-refractivity contribution is 6.32. The maximum Gasteiger partial charge on any atom is 0.372 e. The van der Waals surface area contributed by atoms with Gasteiger partial charge < -0.3 is 9.84 Å². The summed E-state index contributed by atoms with van der Waals surface area (Å²) < 4.78 is 4.64. The monoisotopic (exact) mass is 218 g/mol. The Morgan fingerprint density at radius 2 is 1.73 bits per heavy atom. The fraction of sp³-hybridized carbons (Fsp3) is 0.700. The van der Waals surface area contributed by atoms with Crippen LogP contribution in [0.5, 0.6) is 0 Å². The van der Waals surface area contributed by atoms with Gasteiger partial charge in [-0.05, 0) is 6.42 Å². The highest BCUT2D eigenvalue weighted by Gasteiger charge is 2.05. The first kappa shape index (κ1) is 16.1. The summed E-state index contributed by atoms with van der Waals surface area (Å²) in [6, 6.07) is 0. The van der Waals surface area contributed by atoms with E-state index in [9.17, 15) is 14.4 Å². The fourth-order valence-corrected chi connectivity index (χ4v) is 0.511. The lowest BCUT2D eigenvalue weighted by Crippen LogP contribution is -2.09. The predicted molar refractivity (Wildman–Crippen MR) is 54.5 cm³/mol. The molecule has 0 aromatic carbocycles. The van der Waals surface area contributed by atoms with Crippen molar-refractivity contribution in [1.29, 1.82) is 0 Å².